The number of nitrogens with two attached hydrogens (primary N) is 5. The second-order valence-electron chi connectivity index (χ2n) is 12.7. The van der Waals surface area contributed by atoms with Gasteiger partial charge in [-0.2, -0.15) is 0 Å². The lowest BCUT2D eigenvalue weighted by atomic mass is 9.83. The van der Waals surface area contributed by atoms with Gasteiger partial charge in [0.05, 0.1) is 24.4 Å². The van der Waals surface area contributed by atoms with Crippen LogP contribution in [0.1, 0.15) is 6.42 Å². The molecule has 50 heavy (non-hydrogen) atoms. The molecule has 1 saturated carbocycles. The lowest BCUT2D eigenvalue weighted by molar-refractivity contribution is -0.283. The summed E-state index contributed by atoms with van der Waals surface area (Å²) in [5.74, 6) is -1.12. The number of aliphatic hydroxyl groups excluding tert-OH is 9. The Morgan fingerprint density at radius 1 is 0.800 bits per heavy atom. The number of hydrogen-bond donors (Lipinski definition) is 16. The van der Waals surface area contributed by atoms with E-state index in [0.717, 1.165) is 0 Å². The third-order valence-corrected chi connectivity index (χ3v) is 9.35. The molecular formula is C27H51N7O16. The number of nitrogens with one attached hydrogen (secondary N) is 2. The molecule has 4 rings (SSSR count). The first-order valence-electron chi connectivity index (χ1n) is 16.1. The molecule has 3 aliphatic heterocycles. The van der Waals surface area contributed by atoms with Gasteiger partial charge >= 0.3 is 0 Å². The van der Waals surface area contributed by atoms with E-state index in [1.807, 2.05) is 0 Å². The topological polar surface area (TPSA) is 420 Å². The van der Waals surface area contributed by atoms with Crippen LogP contribution in [0, 0.1) is 5.41 Å². The van der Waals surface area contributed by atoms with E-state index < -0.39 is 147 Å². The molecule has 0 aromatic heterocycles. The molecule has 0 unspecified atom stereocenters. The van der Waals surface area contributed by atoms with Crippen LogP contribution in [0.15, 0.2) is 0 Å². The van der Waals surface area contributed by atoms with Gasteiger partial charge < -0.3 is 114 Å². The van der Waals surface area contributed by atoms with E-state index in [2.05, 4.69) is 5.32 Å². The van der Waals surface area contributed by atoms with Crippen LogP contribution in [-0.2, 0) is 33.2 Å². The van der Waals surface area contributed by atoms with E-state index in [1.54, 1.807) is 0 Å². The summed E-state index contributed by atoms with van der Waals surface area (Å²) in [5, 5.41) is 105. The predicted molar refractivity (Wildman–Crippen MR) is 163 cm³/mol. The highest BCUT2D eigenvalue weighted by Gasteiger charge is 2.55. The van der Waals surface area contributed by atoms with Crippen molar-refractivity contribution in [2.45, 2.75) is 129 Å². The first-order chi connectivity index (χ1) is 23.6. The van der Waals surface area contributed by atoms with E-state index in [4.69, 9.17) is 62.5 Å². The van der Waals surface area contributed by atoms with Gasteiger partial charge in [0, 0.05) is 25.7 Å². The van der Waals surface area contributed by atoms with Crippen LogP contribution < -0.4 is 34.0 Å². The average Bonchev–Trinajstić information content (AvgIpc) is 3.40. The Kier molecular flexibility index (Phi) is 14.3. The maximum atomic E-state index is 12.7. The van der Waals surface area contributed by atoms with Crippen molar-refractivity contribution in [3.05, 3.63) is 0 Å². The number of ether oxygens (including phenoxy) is 6. The van der Waals surface area contributed by atoms with Crippen LogP contribution in [0.2, 0.25) is 0 Å². The van der Waals surface area contributed by atoms with Crippen LogP contribution in [0.3, 0.4) is 0 Å². The quantitative estimate of drug-likeness (QED) is 0.0836. The van der Waals surface area contributed by atoms with Crippen molar-refractivity contribution in [3.63, 3.8) is 0 Å². The summed E-state index contributed by atoms with van der Waals surface area (Å²) in [7, 11) is 0. The van der Waals surface area contributed by atoms with Crippen LogP contribution in [-0.4, -0.2) is 206 Å². The molecule has 0 spiro atoms. The molecule has 3 heterocycles. The minimum atomic E-state index is -1.98. The second-order valence-corrected chi connectivity index (χ2v) is 12.7. The molecule has 4 aliphatic rings. The van der Waals surface area contributed by atoms with Gasteiger partial charge in [-0.3, -0.25) is 4.79 Å². The highest BCUT2D eigenvalue weighted by Crippen LogP contribution is 2.34. The summed E-state index contributed by atoms with van der Waals surface area (Å²) in [6.45, 7) is -1.72. The third kappa shape index (κ3) is 8.42. The van der Waals surface area contributed by atoms with E-state index in [1.165, 1.54) is 0 Å². The van der Waals surface area contributed by atoms with Crippen LogP contribution in [0.25, 0.3) is 0 Å². The number of hydrogen-bond acceptors (Lipinski definition) is 22. The number of amides is 1. The van der Waals surface area contributed by atoms with Crippen LogP contribution >= 0.6 is 0 Å². The van der Waals surface area contributed by atoms with Gasteiger partial charge in [-0.15, -0.1) is 0 Å². The van der Waals surface area contributed by atoms with E-state index in [-0.39, 0.29) is 19.5 Å². The largest absolute Gasteiger partial charge is 0.394 e. The van der Waals surface area contributed by atoms with Crippen molar-refractivity contribution < 1.29 is 79.2 Å². The summed E-state index contributed by atoms with van der Waals surface area (Å²) < 4.78 is 34.6. The van der Waals surface area contributed by atoms with Crippen molar-refractivity contribution in [2.75, 3.05) is 26.2 Å². The Morgan fingerprint density at radius 2 is 1.40 bits per heavy atom. The predicted octanol–water partition coefficient (Wildman–Crippen LogP) is -10.4. The highest BCUT2D eigenvalue weighted by atomic mass is 16.8. The summed E-state index contributed by atoms with van der Waals surface area (Å²) in [5.41, 5.74) is 28.4. The van der Waals surface area contributed by atoms with Gasteiger partial charge in [0.2, 0.25) is 0 Å². The highest BCUT2D eigenvalue weighted by molar-refractivity contribution is 5.90. The standard InChI is InChI=1S/C27H51N7O16/c28-2-8(36)15(38)24(44)34-7-1-6(31)21(48-25-12(32)18(41)16(39)9(3-29)45-25)23(14(7)37)50-27-20(43)22(11(5-35)47-27)49-26-13(33)19(42)17(40)10(4-30)46-26/h6-11,13-23,25-27,32,35-43H,1-5,28-31,33H2,(H,34,44)/t6-,7+,8+,9+,10-,11+,13+,14-,15-,16+,17+,18-,19+,20+,21+,22+,23+,25+,26+,27-/m0/s1. The van der Waals surface area contributed by atoms with Crippen molar-refractivity contribution in [2.24, 2.45) is 28.7 Å². The summed E-state index contributed by atoms with van der Waals surface area (Å²) in [4.78, 5) is 12.7. The monoisotopic (exact) mass is 729 g/mol. The van der Waals surface area contributed by atoms with E-state index in [9.17, 15) is 50.8 Å². The minimum absolute atomic E-state index is 0.227. The molecule has 21 N–H and O–H groups in total. The fraction of sp³-hybridized carbons (Fsp3) is 0.926. The smallest absolute Gasteiger partial charge is 0.251 e. The SMILES string of the molecule is N=C1[C@@H](O[C@H]2[C@H](O[C@@H]3O[C@H](CO)[C@@H](O[C@H]4O[C@@H](CN)[C@@H](O)[C@H](O)[C@H]4N)[C@H]3O)[C@@H](O)[C@H](NC(=O)[C@@H](O)[C@H](O)CN)C[C@@H]2N)O[C@H](CN)[C@@H](O)[C@H]1O. The molecule has 20 atom stereocenters. The summed E-state index contributed by atoms with van der Waals surface area (Å²) in [6.07, 6.45) is -26.7. The maximum Gasteiger partial charge on any atom is 0.251 e. The number of aliphatic hydroxyl groups is 9. The van der Waals surface area contributed by atoms with Gasteiger partial charge in [0.1, 0.15) is 79.4 Å². The van der Waals surface area contributed by atoms with Gasteiger partial charge in [-0.25, -0.2) is 0 Å². The molecule has 1 aliphatic carbocycles. The van der Waals surface area contributed by atoms with Crippen molar-refractivity contribution >= 4 is 11.6 Å². The molecule has 290 valence electrons. The van der Waals surface area contributed by atoms with E-state index >= 15 is 0 Å². The van der Waals surface area contributed by atoms with Gasteiger partial charge in [-0.05, 0) is 6.42 Å². The fourth-order valence-corrected chi connectivity index (χ4v) is 6.28. The van der Waals surface area contributed by atoms with Crippen LogP contribution in [0.4, 0.5) is 0 Å². The van der Waals surface area contributed by atoms with Crippen molar-refractivity contribution in [3.8, 4) is 0 Å². The molecule has 3 saturated heterocycles. The average molecular weight is 730 g/mol. The summed E-state index contributed by atoms with van der Waals surface area (Å²) in [6, 6.07) is -3.78. The fourth-order valence-electron chi connectivity index (χ4n) is 6.28. The van der Waals surface area contributed by atoms with Crippen molar-refractivity contribution in [1.29, 1.82) is 5.41 Å². The Bertz CT molecular complexity index is 1130. The lowest BCUT2D eigenvalue weighted by Crippen LogP contribution is -2.68. The third-order valence-electron chi connectivity index (χ3n) is 9.35. The lowest BCUT2D eigenvalue weighted by Gasteiger charge is -2.46. The second kappa shape index (κ2) is 17.4. The normalized spacial score (nSPS) is 46.8. The molecule has 4 fully saturated rings. The molecule has 0 bridgehead atoms. The molecule has 23 nitrogen and oxygen atoms in total. The first kappa shape index (κ1) is 41.1. The molecule has 0 aromatic carbocycles. The number of carbonyl (C=O) groups is 1. The van der Waals surface area contributed by atoms with Gasteiger partial charge in [0.15, 0.2) is 25.0 Å². The molecule has 23 heteroatoms. The molecular weight excluding hydrogens is 678 g/mol. The first-order valence-corrected chi connectivity index (χ1v) is 16.1. The Balaban J connectivity index is 1.58. The van der Waals surface area contributed by atoms with Crippen molar-refractivity contribution in [1.82, 2.24) is 5.32 Å². The Hall–Kier alpha value is -1.66. The Morgan fingerprint density at radius 3 is 2.00 bits per heavy atom. The molecule has 0 aromatic rings. The zero-order chi connectivity index (χ0) is 37.2. The van der Waals surface area contributed by atoms with Crippen LogP contribution in [0.5, 0.6) is 0 Å². The number of carbonyl (C=O) groups excluding carboxylic acids is 1. The maximum absolute atomic E-state index is 12.7. The number of rotatable bonds is 13. The van der Waals surface area contributed by atoms with Gasteiger partial charge in [-0.1, -0.05) is 0 Å². The Labute approximate surface area is 285 Å². The minimum Gasteiger partial charge on any atom is -0.394 e. The molecule has 1 amide bonds. The van der Waals surface area contributed by atoms with E-state index in [0.29, 0.717) is 0 Å². The van der Waals surface area contributed by atoms with Gasteiger partial charge in [0.25, 0.3) is 5.91 Å². The summed E-state index contributed by atoms with van der Waals surface area (Å²) >= 11 is 0. The zero-order valence-corrected chi connectivity index (χ0v) is 26.9. The molecule has 0 radical (unpaired) electrons. The zero-order valence-electron chi connectivity index (χ0n) is 26.9.